The van der Waals surface area contributed by atoms with Gasteiger partial charge >= 0.3 is 5.97 Å². The first kappa shape index (κ1) is 15.8. The van der Waals surface area contributed by atoms with Crippen molar-refractivity contribution < 1.29 is 14.7 Å². The lowest BCUT2D eigenvalue weighted by molar-refractivity contribution is -0.140. The fraction of sp³-hybridized carbons (Fsp3) is 0.533. The number of carbonyl (C=O) groups is 2. The van der Waals surface area contributed by atoms with Gasteiger partial charge in [0, 0.05) is 12.6 Å². The minimum Gasteiger partial charge on any atom is -0.481 e. The largest absolute Gasteiger partial charge is 0.481 e. The lowest BCUT2D eigenvalue weighted by Crippen LogP contribution is -2.27. The van der Waals surface area contributed by atoms with Gasteiger partial charge in [0.15, 0.2) is 5.15 Å². The van der Waals surface area contributed by atoms with E-state index in [1.54, 1.807) is 12.3 Å². The number of aromatic nitrogens is 1. The number of aryl methyl sites for hydroxylation is 1. The van der Waals surface area contributed by atoms with Gasteiger partial charge in [0.2, 0.25) is 5.91 Å². The molecule has 0 spiro atoms. The zero-order valence-electron chi connectivity index (χ0n) is 12.0. The standard InChI is InChI=1S/C15H19ClN2O3/c1-10-6-11(14(16)17-9-10)18-12(19)7-15(8-13(20)21)4-2-3-5-15/h6,9H,2-5,7-8H2,1H3,(H,18,19)(H,20,21). The molecule has 5 nitrogen and oxygen atoms in total. The van der Waals surface area contributed by atoms with E-state index in [1.165, 1.54) is 0 Å². The second-order valence-corrected chi connectivity index (χ2v) is 6.21. The van der Waals surface area contributed by atoms with Crippen LogP contribution in [-0.4, -0.2) is 22.0 Å². The highest BCUT2D eigenvalue weighted by Gasteiger charge is 2.38. The third kappa shape index (κ3) is 4.17. The van der Waals surface area contributed by atoms with Crippen LogP contribution >= 0.6 is 11.6 Å². The van der Waals surface area contributed by atoms with E-state index in [0.717, 1.165) is 31.2 Å². The molecule has 0 unspecified atom stereocenters. The maximum absolute atomic E-state index is 12.2. The topological polar surface area (TPSA) is 79.3 Å². The number of carboxylic acids is 1. The van der Waals surface area contributed by atoms with E-state index < -0.39 is 11.4 Å². The average Bonchev–Trinajstić information content (AvgIpc) is 2.80. The molecule has 0 aromatic carbocycles. The molecule has 1 amide bonds. The molecule has 0 saturated heterocycles. The molecule has 0 bridgehead atoms. The van der Waals surface area contributed by atoms with Crippen LogP contribution in [0.5, 0.6) is 0 Å². The number of halogens is 1. The van der Waals surface area contributed by atoms with Crippen molar-refractivity contribution in [2.75, 3.05) is 5.32 Å². The van der Waals surface area contributed by atoms with Gasteiger partial charge < -0.3 is 10.4 Å². The van der Waals surface area contributed by atoms with Crippen molar-refractivity contribution in [1.82, 2.24) is 4.98 Å². The smallest absolute Gasteiger partial charge is 0.303 e. The van der Waals surface area contributed by atoms with E-state index in [4.69, 9.17) is 16.7 Å². The van der Waals surface area contributed by atoms with Gasteiger partial charge in [0.05, 0.1) is 12.1 Å². The molecule has 1 aliphatic rings. The summed E-state index contributed by atoms with van der Waals surface area (Å²) in [7, 11) is 0. The third-order valence-electron chi connectivity index (χ3n) is 3.98. The summed E-state index contributed by atoms with van der Waals surface area (Å²) in [6.07, 6.45) is 5.41. The maximum atomic E-state index is 12.2. The van der Waals surface area contributed by atoms with Gasteiger partial charge in [-0.25, -0.2) is 4.98 Å². The minimum atomic E-state index is -0.847. The molecule has 0 radical (unpaired) electrons. The van der Waals surface area contributed by atoms with E-state index in [2.05, 4.69) is 10.3 Å². The summed E-state index contributed by atoms with van der Waals surface area (Å²) in [5.41, 5.74) is 0.959. The van der Waals surface area contributed by atoms with E-state index in [9.17, 15) is 9.59 Å². The minimum absolute atomic E-state index is 0.0419. The predicted octanol–water partition coefficient (Wildman–Crippen LogP) is 3.41. The quantitative estimate of drug-likeness (QED) is 0.817. The Morgan fingerprint density at radius 1 is 1.38 bits per heavy atom. The van der Waals surface area contributed by atoms with Crippen molar-refractivity contribution in [2.24, 2.45) is 5.41 Å². The first-order valence-electron chi connectivity index (χ1n) is 7.04. The van der Waals surface area contributed by atoms with Crippen LogP contribution in [0.1, 0.15) is 44.1 Å². The Bertz CT molecular complexity index is 554. The van der Waals surface area contributed by atoms with Crippen LogP contribution in [0.25, 0.3) is 0 Å². The molecular formula is C15H19ClN2O3. The molecule has 1 aliphatic carbocycles. The van der Waals surface area contributed by atoms with Gasteiger partial charge in [-0.2, -0.15) is 0 Å². The van der Waals surface area contributed by atoms with Crippen LogP contribution in [0, 0.1) is 12.3 Å². The molecule has 1 aromatic heterocycles. The molecule has 0 aliphatic heterocycles. The zero-order chi connectivity index (χ0) is 15.5. The molecule has 2 rings (SSSR count). The van der Waals surface area contributed by atoms with Crippen LogP contribution < -0.4 is 5.32 Å². The normalized spacial score (nSPS) is 16.7. The summed E-state index contributed by atoms with van der Waals surface area (Å²) in [5.74, 6) is -1.05. The van der Waals surface area contributed by atoms with Crippen molar-refractivity contribution in [3.8, 4) is 0 Å². The second-order valence-electron chi connectivity index (χ2n) is 5.85. The van der Waals surface area contributed by atoms with Gasteiger partial charge in [0.1, 0.15) is 0 Å². The van der Waals surface area contributed by atoms with Gasteiger partial charge in [-0.3, -0.25) is 9.59 Å². The lowest BCUT2D eigenvalue weighted by atomic mass is 9.79. The predicted molar refractivity (Wildman–Crippen MR) is 80.4 cm³/mol. The fourth-order valence-corrected chi connectivity index (χ4v) is 3.19. The van der Waals surface area contributed by atoms with Crippen LogP contribution in [0.4, 0.5) is 5.69 Å². The van der Waals surface area contributed by atoms with Gasteiger partial charge in [-0.15, -0.1) is 0 Å². The number of carbonyl (C=O) groups excluding carboxylic acids is 1. The highest BCUT2D eigenvalue weighted by Crippen LogP contribution is 2.44. The molecular weight excluding hydrogens is 292 g/mol. The molecule has 21 heavy (non-hydrogen) atoms. The molecule has 1 heterocycles. The Hall–Kier alpha value is -1.62. The molecule has 1 saturated carbocycles. The van der Waals surface area contributed by atoms with Crippen molar-refractivity contribution in [3.63, 3.8) is 0 Å². The number of carboxylic acid groups (broad SMARTS) is 1. The number of anilines is 1. The maximum Gasteiger partial charge on any atom is 0.303 e. The summed E-state index contributed by atoms with van der Waals surface area (Å²) < 4.78 is 0. The Morgan fingerprint density at radius 3 is 2.67 bits per heavy atom. The van der Waals surface area contributed by atoms with Gasteiger partial charge in [0.25, 0.3) is 0 Å². The number of aliphatic carboxylic acids is 1. The monoisotopic (exact) mass is 310 g/mol. The zero-order valence-corrected chi connectivity index (χ0v) is 12.7. The van der Waals surface area contributed by atoms with E-state index in [-0.39, 0.29) is 23.9 Å². The molecule has 2 N–H and O–H groups in total. The lowest BCUT2D eigenvalue weighted by Gasteiger charge is -2.26. The van der Waals surface area contributed by atoms with Gasteiger partial charge in [-0.05, 0) is 36.8 Å². The first-order chi connectivity index (χ1) is 9.90. The van der Waals surface area contributed by atoms with Crippen LogP contribution in [0.3, 0.4) is 0 Å². The van der Waals surface area contributed by atoms with Crippen molar-refractivity contribution in [1.29, 1.82) is 0 Å². The molecule has 0 atom stereocenters. The van der Waals surface area contributed by atoms with E-state index >= 15 is 0 Å². The highest BCUT2D eigenvalue weighted by molar-refractivity contribution is 6.32. The van der Waals surface area contributed by atoms with E-state index in [1.807, 2.05) is 6.92 Å². The van der Waals surface area contributed by atoms with Crippen LogP contribution in [-0.2, 0) is 9.59 Å². The van der Waals surface area contributed by atoms with E-state index in [0.29, 0.717) is 5.69 Å². The number of hydrogen-bond donors (Lipinski definition) is 2. The summed E-state index contributed by atoms with van der Waals surface area (Å²) in [5, 5.41) is 12.1. The van der Waals surface area contributed by atoms with Crippen molar-refractivity contribution in [3.05, 3.63) is 23.0 Å². The molecule has 1 aromatic rings. The van der Waals surface area contributed by atoms with Crippen molar-refractivity contribution in [2.45, 2.75) is 45.4 Å². The summed E-state index contributed by atoms with van der Waals surface area (Å²) in [6, 6.07) is 1.76. The summed E-state index contributed by atoms with van der Waals surface area (Å²) in [6.45, 7) is 1.86. The fourth-order valence-electron chi connectivity index (χ4n) is 3.04. The Morgan fingerprint density at radius 2 is 2.05 bits per heavy atom. The average molecular weight is 311 g/mol. The summed E-state index contributed by atoms with van der Waals surface area (Å²) >= 11 is 5.96. The highest BCUT2D eigenvalue weighted by atomic mass is 35.5. The van der Waals surface area contributed by atoms with Crippen molar-refractivity contribution >= 4 is 29.2 Å². The number of hydrogen-bond acceptors (Lipinski definition) is 3. The van der Waals surface area contributed by atoms with Crippen LogP contribution in [0.2, 0.25) is 5.15 Å². The Kier molecular flexibility index (Phi) is 4.83. The van der Waals surface area contributed by atoms with Gasteiger partial charge in [-0.1, -0.05) is 24.4 Å². The molecule has 6 heteroatoms. The molecule has 1 fully saturated rings. The number of pyridine rings is 1. The number of amides is 1. The number of nitrogens with zero attached hydrogens (tertiary/aromatic N) is 1. The second kappa shape index (κ2) is 6.43. The first-order valence-corrected chi connectivity index (χ1v) is 7.42. The number of rotatable bonds is 5. The summed E-state index contributed by atoms with van der Waals surface area (Å²) in [4.78, 5) is 27.3. The Labute approximate surface area is 128 Å². The Balaban J connectivity index is 2.06. The number of nitrogens with one attached hydrogen (secondary N) is 1. The third-order valence-corrected chi connectivity index (χ3v) is 4.28. The molecule has 114 valence electrons. The van der Waals surface area contributed by atoms with Crippen LogP contribution in [0.15, 0.2) is 12.3 Å². The SMILES string of the molecule is Cc1cnc(Cl)c(NC(=O)CC2(CC(=O)O)CCCC2)c1.